The first-order chi connectivity index (χ1) is 17.4. The van der Waals surface area contributed by atoms with Crippen molar-refractivity contribution >= 4 is 23.3 Å². The van der Waals surface area contributed by atoms with Crippen LogP contribution >= 0.6 is 0 Å². The van der Waals surface area contributed by atoms with Crippen LogP contribution in [-0.2, 0) is 9.59 Å². The molecule has 3 aliphatic rings. The van der Waals surface area contributed by atoms with E-state index in [9.17, 15) is 14.7 Å². The van der Waals surface area contributed by atoms with Crippen molar-refractivity contribution in [1.82, 2.24) is 4.90 Å². The van der Waals surface area contributed by atoms with Crippen molar-refractivity contribution in [1.29, 1.82) is 0 Å². The van der Waals surface area contributed by atoms with Gasteiger partial charge in [0.05, 0.1) is 17.0 Å². The van der Waals surface area contributed by atoms with Gasteiger partial charge in [0.25, 0.3) is 0 Å². The van der Waals surface area contributed by atoms with Crippen molar-refractivity contribution in [3.05, 3.63) is 41.6 Å². The number of carbonyl (C=O) groups is 2. The van der Waals surface area contributed by atoms with Crippen molar-refractivity contribution in [2.45, 2.75) is 95.9 Å². The number of nitrogens with zero attached hydrogens (tertiary/aromatic N) is 2. The summed E-state index contributed by atoms with van der Waals surface area (Å²) >= 11 is 0. The minimum absolute atomic E-state index is 0.0749. The smallest absolute Gasteiger partial charge is 0.339 e. The molecule has 6 heteroatoms. The van der Waals surface area contributed by atoms with E-state index >= 15 is 0 Å². The SMILES string of the molecule is CCCC1CCCCC1N(C)C(=O)C1CCCC(c2cccc(N=C(C(=CN)C(=O)O)C3CC3)c2)C1. The average molecular weight is 494 g/mol. The molecule has 196 valence electrons. The second-order valence-electron chi connectivity index (χ2n) is 11.2. The van der Waals surface area contributed by atoms with E-state index in [-0.39, 0.29) is 17.4 Å². The molecule has 4 atom stereocenters. The Labute approximate surface area is 216 Å². The summed E-state index contributed by atoms with van der Waals surface area (Å²) in [6.07, 6.45) is 14.3. The zero-order valence-corrected chi connectivity index (χ0v) is 22.0. The largest absolute Gasteiger partial charge is 0.478 e. The molecule has 3 N–H and O–H groups in total. The fourth-order valence-electron chi connectivity index (χ4n) is 6.56. The van der Waals surface area contributed by atoms with Gasteiger partial charge in [0.1, 0.15) is 0 Å². The number of hydrogen-bond acceptors (Lipinski definition) is 4. The van der Waals surface area contributed by atoms with Gasteiger partial charge in [-0.1, -0.05) is 44.7 Å². The molecule has 0 aromatic heterocycles. The maximum Gasteiger partial charge on any atom is 0.339 e. The third-order valence-corrected chi connectivity index (χ3v) is 8.63. The molecular weight excluding hydrogens is 450 g/mol. The number of aliphatic carboxylic acids is 1. The van der Waals surface area contributed by atoms with E-state index in [0.717, 1.165) is 56.8 Å². The van der Waals surface area contributed by atoms with Crippen LogP contribution in [0.25, 0.3) is 0 Å². The molecule has 0 heterocycles. The summed E-state index contributed by atoms with van der Waals surface area (Å²) < 4.78 is 0. The van der Waals surface area contributed by atoms with Crippen LogP contribution in [0.5, 0.6) is 0 Å². The first-order valence-electron chi connectivity index (χ1n) is 14.0. The Kier molecular flexibility index (Phi) is 8.86. The summed E-state index contributed by atoms with van der Waals surface area (Å²) in [7, 11) is 2.05. The lowest BCUT2D eigenvalue weighted by Gasteiger charge is -2.40. The lowest BCUT2D eigenvalue weighted by molar-refractivity contribution is -0.139. The van der Waals surface area contributed by atoms with Crippen molar-refractivity contribution in [3.8, 4) is 0 Å². The van der Waals surface area contributed by atoms with Gasteiger partial charge in [0, 0.05) is 31.1 Å². The van der Waals surface area contributed by atoms with Gasteiger partial charge in [0.15, 0.2) is 0 Å². The molecule has 3 saturated carbocycles. The number of amides is 1. The van der Waals surface area contributed by atoms with Crippen molar-refractivity contribution in [3.63, 3.8) is 0 Å². The molecule has 3 fully saturated rings. The lowest BCUT2D eigenvalue weighted by Crippen LogP contribution is -2.46. The Balaban J connectivity index is 1.48. The topological polar surface area (TPSA) is 96.0 Å². The molecule has 4 unspecified atom stereocenters. The zero-order chi connectivity index (χ0) is 25.7. The molecule has 1 aromatic carbocycles. The zero-order valence-electron chi connectivity index (χ0n) is 22.0. The van der Waals surface area contributed by atoms with Crippen molar-refractivity contribution < 1.29 is 14.7 Å². The second-order valence-corrected chi connectivity index (χ2v) is 11.2. The van der Waals surface area contributed by atoms with E-state index in [2.05, 4.69) is 24.0 Å². The van der Waals surface area contributed by atoms with Gasteiger partial charge in [-0.05, 0) is 80.9 Å². The highest BCUT2D eigenvalue weighted by Gasteiger charge is 2.36. The summed E-state index contributed by atoms with van der Waals surface area (Å²) in [5.74, 6) is 0.510. The second kappa shape index (κ2) is 12.1. The minimum Gasteiger partial charge on any atom is -0.478 e. The van der Waals surface area contributed by atoms with Gasteiger partial charge in [-0.15, -0.1) is 0 Å². The normalized spacial score (nSPS) is 27.5. The Morgan fingerprint density at radius 1 is 1.08 bits per heavy atom. The predicted molar refractivity (Wildman–Crippen MR) is 144 cm³/mol. The summed E-state index contributed by atoms with van der Waals surface area (Å²) in [5, 5.41) is 9.56. The number of carboxylic acid groups (broad SMARTS) is 1. The van der Waals surface area contributed by atoms with E-state index in [0.29, 0.717) is 29.5 Å². The third kappa shape index (κ3) is 6.19. The molecule has 0 spiro atoms. The van der Waals surface area contributed by atoms with Crippen molar-refractivity contribution in [2.24, 2.45) is 28.5 Å². The van der Waals surface area contributed by atoms with Gasteiger partial charge < -0.3 is 15.7 Å². The average Bonchev–Trinajstić information content (AvgIpc) is 3.74. The summed E-state index contributed by atoms with van der Waals surface area (Å²) in [5.41, 5.74) is 8.27. The van der Waals surface area contributed by atoms with Crippen LogP contribution in [0.2, 0.25) is 0 Å². The van der Waals surface area contributed by atoms with Crippen LogP contribution < -0.4 is 5.73 Å². The molecule has 36 heavy (non-hydrogen) atoms. The number of rotatable bonds is 9. The van der Waals surface area contributed by atoms with Gasteiger partial charge in [0.2, 0.25) is 5.91 Å². The van der Waals surface area contributed by atoms with E-state index in [4.69, 9.17) is 10.7 Å². The standard InChI is InChI=1S/C30H43N3O3/c1-3-8-20-9-4-5-14-27(20)33(2)29(34)24-12-6-10-22(17-24)23-11-7-13-25(18-23)32-28(21-15-16-21)26(19-31)30(35)36/h7,11,13,18-22,24,27H,3-6,8-10,12,14-17,31H2,1-2H3,(H,35,36). The number of carboxylic acids is 1. The van der Waals surface area contributed by atoms with Crippen LogP contribution in [-0.4, -0.2) is 40.7 Å². The van der Waals surface area contributed by atoms with Gasteiger partial charge in [-0.25, -0.2) is 4.79 Å². The number of aliphatic imine (C=N–C) groups is 1. The molecular formula is C30H43N3O3. The Morgan fingerprint density at radius 3 is 2.56 bits per heavy atom. The maximum absolute atomic E-state index is 13.6. The fourth-order valence-corrected chi connectivity index (χ4v) is 6.56. The Morgan fingerprint density at radius 2 is 1.86 bits per heavy atom. The highest BCUT2D eigenvalue weighted by Crippen LogP contribution is 2.40. The van der Waals surface area contributed by atoms with E-state index in [1.165, 1.54) is 37.7 Å². The van der Waals surface area contributed by atoms with Crippen LogP contribution in [0.4, 0.5) is 5.69 Å². The molecule has 0 aliphatic heterocycles. The third-order valence-electron chi connectivity index (χ3n) is 8.63. The van der Waals surface area contributed by atoms with E-state index in [1.807, 2.05) is 19.2 Å². The van der Waals surface area contributed by atoms with E-state index < -0.39 is 5.97 Å². The number of carbonyl (C=O) groups excluding carboxylic acids is 1. The first-order valence-corrected chi connectivity index (χ1v) is 14.0. The highest BCUT2D eigenvalue weighted by molar-refractivity contribution is 6.21. The van der Waals surface area contributed by atoms with Crippen LogP contribution in [0.15, 0.2) is 41.0 Å². The van der Waals surface area contributed by atoms with Crippen LogP contribution in [0.3, 0.4) is 0 Å². The molecule has 4 rings (SSSR count). The molecule has 0 saturated heterocycles. The monoisotopic (exact) mass is 493 g/mol. The fraction of sp³-hybridized carbons (Fsp3) is 0.633. The molecule has 1 aromatic rings. The number of nitrogens with two attached hydrogens (primary N) is 1. The van der Waals surface area contributed by atoms with Crippen LogP contribution in [0.1, 0.15) is 95.5 Å². The number of benzene rings is 1. The predicted octanol–water partition coefficient (Wildman–Crippen LogP) is 6.19. The van der Waals surface area contributed by atoms with Crippen molar-refractivity contribution in [2.75, 3.05) is 7.05 Å². The molecule has 1 amide bonds. The molecule has 6 nitrogen and oxygen atoms in total. The van der Waals surface area contributed by atoms with Gasteiger partial charge in [-0.3, -0.25) is 9.79 Å². The summed E-state index contributed by atoms with van der Waals surface area (Å²) in [6, 6.07) is 8.53. The van der Waals surface area contributed by atoms with E-state index in [1.54, 1.807) is 0 Å². The Hall–Kier alpha value is -2.63. The molecule has 0 bridgehead atoms. The highest BCUT2D eigenvalue weighted by atomic mass is 16.4. The van der Waals surface area contributed by atoms with Crippen LogP contribution in [0, 0.1) is 17.8 Å². The minimum atomic E-state index is -1.03. The quantitative estimate of drug-likeness (QED) is 0.317. The summed E-state index contributed by atoms with van der Waals surface area (Å²) in [6.45, 7) is 2.25. The van der Waals surface area contributed by atoms with Gasteiger partial charge >= 0.3 is 5.97 Å². The first kappa shape index (κ1) is 26.4. The maximum atomic E-state index is 13.6. The lowest BCUT2D eigenvalue weighted by atomic mass is 9.76. The van der Waals surface area contributed by atoms with Gasteiger partial charge in [-0.2, -0.15) is 0 Å². The summed E-state index contributed by atoms with van der Waals surface area (Å²) in [4.78, 5) is 32.2. The molecule has 3 aliphatic carbocycles. The Bertz CT molecular complexity index is 995. The number of hydrogen-bond donors (Lipinski definition) is 2. The molecule has 0 radical (unpaired) electrons.